The van der Waals surface area contributed by atoms with Gasteiger partial charge < -0.3 is 15.3 Å². The second kappa shape index (κ2) is 8.15. The monoisotopic (exact) mass is 284 g/mol. The zero-order valence-electron chi connectivity index (χ0n) is 11.4. The fourth-order valence-electron chi connectivity index (χ4n) is 1.79. The average molecular weight is 285 g/mol. The summed E-state index contributed by atoms with van der Waals surface area (Å²) in [6.45, 7) is 3.55. The lowest BCUT2D eigenvalue weighted by Gasteiger charge is -2.20. The zero-order valence-corrected chi connectivity index (χ0v) is 12.2. The molecular formula is C14H21ClN2O2. The third-order valence-corrected chi connectivity index (χ3v) is 3.08. The van der Waals surface area contributed by atoms with Gasteiger partial charge in [-0.25, -0.2) is 0 Å². The predicted molar refractivity (Wildman–Crippen MR) is 77.2 cm³/mol. The average Bonchev–Trinajstić information content (AvgIpc) is 2.35. The molecule has 0 spiro atoms. The molecule has 0 fully saturated rings. The number of rotatable bonds is 7. The van der Waals surface area contributed by atoms with Crippen molar-refractivity contribution in [1.82, 2.24) is 10.2 Å². The maximum atomic E-state index is 10.7. The van der Waals surface area contributed by atoms with E-state index in [9.17, 15) is 9.90 Å². The molecule has 1 rings (SSSR count). The minimum atomic E-state index is -0.525. The minimum absolute atomic E-state index is 0.0103. The summed E-state index contributed by atoms with van der Waals surface area (Å²) in [4.78, 5) is 12.7. The Bertz CT molecular complexity index is 395. The summed E-state index contributed by atoms with van der Waals surface area (Å²) in [6.07, 6.45) is 0.340. The Morgan fingerprint density at radius 1 is 1.42 bits per heavy atom. The van der Waals surface area contributed by atoms with E-state index >= 15 is 0 Å². The molecule has 1 atom stereocenters. The Labute approximate surface area is 119 Å². The second-order valence-corrected chi connectivity index (χ2v) is 5.10. The summed E-state index contributed by atoms with van der Waals surface area (Å²) in [7, 11) is 1.95. The molecule has 1 aromatic carbocycles. The van der Waals surface area contributed by atoms with Gasteiger partial charge in [0.2, 0.25) is 5.91 Å². The molecule has 0 saturated heterocycles. The van der Waals surface area contributed by atoms with Crippen LogP contribution in [0.3, 0.4) is 0 Å². The summed E-state index contributed by atoms with van der Waals surface area (Å²) < 4.78 is 0. The van der Waals surface area contributed by atoms with E-state index in [0.29, 0.717) is 18.1 Å². The van der Waals surface area contributed by atoms with Crippen LogP contribution in [0.1, 0.15) is 25.0 Å². The molecule has 0 aliphatic rings. The third-order valence-electron chi connectivity index (χ3n) is 2.83. The Balaban J connectivity index is 2.29. The maximum Gasteiger partial charge on any atom is 0.216 e. The molecule has 106 valence electrons. The molecule has 0 aromatic heterocycles. The topological polar surface area (TPSA) is 52.6 Å². The molecule has 0 saturated carbocycles. The quantitative estimate of drug-likeness (QED) is 0.751. The summed E-state index contributed by atoms with van der Waals surface area (Å²) in [5.41, 5.74) is 0.859. The highest BCUT2D eigenvalue weighted by Gasteiger charge is 2.10. The van der Waals surface area contributed by atoms with E-state index < -0.39 is 6.10 Å². The van der Waals surface area contributed by atoms with Crippen LogP contribution >= 0.6 is 11.6 Å². The number of carbonyl (C=O) groups is 1. The van der Waals surface area contributed by atoms with Crippen molar-refractivity contribution in [2.75, 3.05) is 26.7 Å². The van der Waals surface area contributed by atoms with Crippen LogP contribution < -0.4 is 5.32 Å². The first-order chi connectivity index (χ1) is 8.99. The van der Waals surface area contributed by atoms with Crippen molar-refractivity contribution >= 4 is 17.5 Å². The molecule has 4 nitrogen and oxygen atoms in total. The predicted octanol–water partition coefficient (Wildman–Crippen LogP) is 1.83. The Kier molecular flexibility index (Phi) is 6.84. The molecule has 1 aromatic rings. The van der Waals surface area contributed by atoms with Gasteiger partial charge in [0.25, 0.3) is 0 Å². The van der Waals surface area contributed by atoms with Gasteiger partial charge in [0.05, 0.1) is 6.10 Å². The lowest BCUT2D eigenvalue weighted by molar-refractivity contribution is -0.118. The van der Waals surface area contributed by atoms with E-state index in [1.165, 1.54) is 6.92 Å². The van der Waals surface area contributed by atoms with Crippen molar-refractivity contribution in [1.29, 1.82) is 0 Å². The van der Waals surface area contributed by atoms with Crippen molar-refractivity contribution in [2.45, 2.75) is 19.4 Å². The summed E-state index contributed by atoms with van der Waals surface area (Å²) in [6, 6.07) is 7.21. The van der Waals surface area contributed by atoms with Crippen LogP contribution in [0.15, 0.2) is 24.3 Å². The number of hydrogen-bond acceptors (Lipinski definition) is 3. The minimum Gasteiger partial charge on any atom is -0.387 e. The fourth-order valence-corrected chi connectivity index (χ4v) is 1.92. The normalized spacial score (nSPS) is 12.5. The van der Waals surface area contributed by atoms with E-state index in [1.54, 1.807) is 12.1 Å². The number of nitrogens with one attached hydrogen (secondary N) is 1. The molecule has 0 heterocycles. The van der Waals surface area contributed by atoms with E-state index in [1.807, 2.05) is 24.1 Å². The van der Waals surface area contributed by atoms with Crippen LogP contribution in [0.2, 0.25) is 5.02 Å². The van der Waals surface area contributed by atoms with Crippen molar-refractivity contribution in [2.24, 2.45) is 0 Å². The molecule has 0 aliphatic heterocycles. The maximum absolute atomic E-state index is 10.7. The van der Waals surface area contributed by atoms with Crippen LogP contribution in [0, 0.1) is 0 Å². The van der Waals surface area contributed by atoms with Crippen molar-refractivity contribution < 1.29 is 9.90 Å². The van der Waals surface area contributed by atoms with Crippen molar-refractivity contribution in [3.8, 4) is 0 Å². The molecule has 1 unspecified atom stereocenters. The van der Waals surface area contributed by atoms with Gasteiger partial charge in [0.1, 0.15) is 0 Å². The lowest BCUT2D eigenvalue weighted by atomic mass is 10.1. The number of nitrogens with zero attached hydrogens (tertiary/aromatic N) is 1. The van der Waals surface area contributed by atoms with Gasteiger partial charge in [-0.15, -0.1) is 0 Å². The number of aliphatic hydroxyl groups excluding tert-OH is 1. The highest BCUT2D eigenvalue weighted by Crippen LogP contribution is 2.17. The first-order valence-electron chi connectivity index (χ1n) is 6.35. The molecule has 0 radical (unpaired) electrons. The summed E-state index contributed by atoms with van der Waals surface area (Å²) >= 11 is 5.81. The van der Waals surface area contributed by atoms with Crippen LogP contribution in [-0.2, 0) is 4.79 Å². The molecule has 0 aliphatic carbocycles. The van der Waals surface area contributed by atoms with Crippen LogP contribution in [0.25, 0.3) is 0 Å². The van der Waals surface area contributed by atoms with Gasteiger partial charge >= 0.3 is 0 Å². The van der Waals surface area contributed by atoms with E-state index in [0.717, 1.165) is 18.5 Å². The van der Waals surface area contributed by atoms with Gasteiger partial charge in [0.15, 0.2) is 0 Å². The molecule has 19 heavy (non-hydrogen) atoms. The van der Waals surface area contributed by atoms with Gasteiger partial charge in [-0.05, 0) is 37.7 Å². The van der Waals surface area contributed by atoms with Gasteiger partial charge in [-0.3, -0.25) is 4.79 Å². The molecule has 2 N–H and O–H groups in total. The first kappa shape index (κ1) is 16.0. The Hall–Kier alpha value is -1.10. The number of aliphatic hydroxyl groups is 1. The SMILES string of the molecule is CC(=O)NCCCN(C)CC(O)c1ccc(Cl)cc1. The molecule has 1 amide bonds. The number of carbonyl (C=O) groups excluding carboxylic acids is 1. The van der Waals surface area contributed by atoms with Crippen LogP contribution in [0.5, 0.6) is 0 Å². The highest BCUT2D eigenvalue weighted by molar-refractivity contribution is 6.30. The van der Waals surface area contributed by atoms with Gasteiger partial charge in [0, 0.05) is 25.0 Å². The van der Waals surface area contributed by atoms with E-state index in [2.05, 4.69) is 5.32 Å². The standard InChI is InChI=1S/C14H21ClN2O2/c1-11(18)16-8-3-9-17(2)10-14(19)12-4-6-13(15)7-5-12/h4-7,14,19H,3,8-10H2,1-2H3,(H,16,18). The lowest BCUT2D eigenvalue weighted by Crippen LogP contribution is -2.29. The fraction of sp³-hybridized carbons (Fsp3) is 0.500. The van der Waals surface area contributed by atoms with Crippen molar-refractivity contribution in [3.63, 3.8) is 0 Å². The Morgan fingerprint density at radius 3 is 2.63 bits per heavy atom. The summed E-state index contributed by atoms with van der Waals surface area (Å²) in [5, 5.41) is 13.5. The number of likely N-dealkylation sites (N-methyl/N-ethyl adjacent to an activating group) is 1. The van der Waals surface area contributed by atoms with Crippen LogP contribution in [-0.4, -0.2) is 42.6 Å². The molecule has 5 heteroatoms. The second-order valence-electron chi connectivity index (χ2n) is 4.67. The van der Waals surface area contributed by atoms with E-state index in [4.69, 9.17) is 11.6 Å². The number of hydrogen-bond donors (Lipinski definition) is 2. The van der Waals surface area contributed by atoms with Crippen molar-refractivity contribution in [3.05, 3.63) is 34.9 Å². The van der Waals surface area contributed by atoms with E-state index in [-0.39, 0.29) is 5.91 Å². The number of benzene rings is 1. The molecule has 0 bridgehead atoms. The largest absolute Gasteiger partial charge is 0.387 e. The highest BCUT2D eigenvalue weighted by atomic mass is 35.5. The first-order valence-corrected chi connectivity index (χ1v) is 6.73. The summed E-state index contributed by atoms with van der Waals surface area (Å²) in [5.74, 6) is -0.0103. The van der Waals surface area contributed by atoms with Crippen LogP contribution in [0.4, 0.5) is 0 Å². The van der Waals surface area contributed by atoms with Gasteiger partial charge in [-0.1, -0.05) is 23.7 Å². The molecular weight excluding hydrogens is 264 g/mol. The smallest absolute Gasteiger partial charge is 0.216 e. The zero-order chi connectivity index (χ0) is 14.3. The van der Waals surface area contributed by atoms with Gasteiger partial charge in [-0.2, -0.15) is 0 Å². The Morgan fingerprint density at radius 2 is 2.05 bits per heavy atom. The third kappa shape index (κ3) is 6.57. The number of halogens is 1. The number of amides is 1.